The zero-order valence-corrected chi connectivity index (χ0v) is 24.7. The van der Waals surface area contributed by atoms with Gasteiger partial charge in [-0.15, -0.1) is 0 Å². The molecule has 2 saturated heterocycles. The summed E-state index contributed by atoms with van der Waals surface area (Å²) < 4.78 is 25.8. The van der Waals surface area contributed by atoms with E-state index in [0.29, 0.717) is 13.1 Å². The summed E-state index contributed by atoms with van der Waals surface area (Å²) in [7, 11) is -0.832. The van der Waals surface area contributed by atoms with Crippen molar-refractivity contribution in [3.8, 4) is 0 Å². The molecule has 0 unspecified atom stereocenters. The van der Waals surface area contributed by atoms with Gasteiger partial charge in [0.2, 0.25) is 0 Å². The molecule has 3 aromatic rings. The van der Waals surface area contributed by atoms with E-state index in [9.17, 15) is 0 Å². The lowest BCUT2D eigenvalue weighted by Gasteiger charge is -2.32. The van der Waals surface area contributed by atoms with E-state index in [1.54, 1.807) is 0 Å². The summed E-state index contributed by atoms with van der Waals surface area (Å²) in [5, 5.41) is 0. The summed E-state index contributed by atoms with van der Waals surface area (Å²) in [6.45, 7) is 18.2. The van der Waals surface area contributed by atoms with Crippen LogP contribution in [0.3, 0.4) is 0 Å². The minimum Gasteiger partial charge on any atom is -0.399 e. The van der Waals surface area contributed by atoms with E-state index in [0.717, 1.165) is 16.6 Å². The Morgan fingerprint density at radius 1 is 0.487 bits per heavy atom. The molecule has 2 aliphatic heterocycles. The van der Waals surface area contributed by atoms with E-state index in [-0.39, 0.29) is 0 Å². The molecule has 0 spiro atoms. The molecule has 39 heavy (non-hydrogen) atoms. The van der Waals surface area contributed by atoms with Gasteiger partial charge in [-0.05, 0) is 89.6 Å². The van der Waals surface area contributed by atoms with Crippen LogP contribution < -0.4 is 15.8 Å². The number of rotatable bonds is 7. The Hall–Kier alpha value is -2.57. The van der Waals surface area contributed by atoms with Gasteiger partial charge in [0.1, 0.15) is 0 Å². The van der Waals surface area contributed by atoms with Crippen molar-refractivity contribution < 1.29 is 18.6 Å². The maximum atomic E-state index is 6.45. The number of hydrogen-bond donors (Lipinski definition) is 0. The lowest BCUT2D eigenvalue weighted by atomic mass is 9.75. The summed E-state index contributed by atoms with van der Waals surface area (Å²) in [5.41, 5.74) is 4.04. The predicted octanol–water partition coefficient (Wildman–Crippen LogP) is 5.49. The second-order valence-corrected chi connectivity index (χ2v) is 12.8. The quantitative estimate of drug-likeness (QED) is 0.382. The highest BCUT2D eigenvalue weighted by molar-refractivity contribution is 6.63. The second-order valence-electron chi connectivity index (χ2n) is 12.8. The van der Waals surface area contributed by atoms with Gasteiger partial charge in [-0.1, -0.05) is 66.7 Å². The molecule has 5 rings (SSSR count). The van der Waals surface area contributed by atoms with E-state index in [2.05, 4.69) is 139 Å². The minimum atomic E-state index is -0.416. The average Bonchev–Trinajstić information content (AvgIpc) is 3.24. The number of anilines is 1. The third-order valence-corrected chi connectivity index (χ3v) is 8.97. The van der Waals surface area contributed by atoms with Gasteiger partial charge in [-0.25, -0.2) is 0 Å². The first-order chi connectivity index (χ1) is 18.3. The fourth-order valence-electron chi connectivity index (χ4n) is 5.04. The van der Waals surface area contributed by atoms with Crippen LogP contribution in [0.2, 0.25) is 0 Å². The molecule has 204 valence electrons. The zero-order valence-electron chi connectivity index (χ0n) is 24.7. The summed E-state index contributed by atoms with van der Waals surface area (Å²) in [5.74, 6) is 0. The third-order valence-electron chi connectivity index (χ3n) is 8.97. The van der Waals surface area contributed by atoms with Gasteiger partial charge in [0.05, 0.1) is 22.4 Å². The highest BCUT2D eigenvalue weighted by Gasteiger charge is 2.53. The zero-order chi connectivity index (χ0) is 28.1. The largest absolute Gasteiger partial charge is 0.495 e. The predicted molar refractivity (Wildman–Crippen MR) is 161 cm³/mol. The molecule has 0 atom stereocenters. The molecule has 0 bridgehead atoms. The van der Waals surface area contributed by atoms with Crippen LogP contribution in [0.1, 0.15) is 66.5 Å². The van der Waals surface area contributed by atoms with E-state index in [4.69, 9.17) is 18.6 Å². The topological polar surface area (TPSA) is 40.2 Å². The molecule has 2 aliphatic rings. The molecule has 7 heteroatoms. The van der Waals surface area contributed by atoms with Crippen molar-refractivity contribution in [3.63, 3.8) is 0 Å². The summed E-state index contributed by atoms with van der Waals surface area (Å²) in [6, 6.07) is 27.4. The van der Waals surface area contributed by atoms with Crippen molar-refractivity contribution in [3.05, 3.63) is 90.0 Å². The van der Waals surface area contributed by atoms with Crippen molar-refractivity contribution in [2.24, 2.45) is 0 Å². The Morgan fingerprint density at radius 2 is 0.821 bits per heavy atom. The molecule has 0 N–H and O–H groups in total. The fraction of sp³-hybridized carbons (Fsp3) is 0.438. The summed E-state index contributed by atoms with van der Waals surface area (Å²) in [4.78, 5) is 2.40. The van der Waals surface area contributed by atoms with Gasteiger partial charge < -0.3 is 23.5 Å². The van der Waals surface area contributed by atoms with Crippen LogP contribution in [0.5, 0.6) is 0 Å². The summed E-state index contributed by atoms with van der Waals surface area (Å²) >= 11 is 0. The highest BCUT2D eigenvalue weighted by Crippen LogP contribution is 2.38. The van der Waals surface area contributed by atoms with Crippen LogP contribution >= 0.6 is 0 Å². The maximum absolute atomic E-state index is 6.45. The lowest BCUT2D eigenvalue weighted by Crippen LogP contribution is -2.41. The molecule has 0 aromatic heterocycles. The van der Waals surface area contributed by atoms with Crippen LogP contribution in [-0.4, -0.2) is 36.6 Å². The van der Waals surface area contributed by atoms with Gasteiger partial charge in [0, 0.05) is 18.8 Å². The fourth-order valence-corrected chi connectivity index (χ4v) is 5.04. The Kier molecular flexibility index (Phi) is 7.26. The van der Waals surface area contributed by atoms with Crippen LogP contribution in [0, 0.1) is 0 Å². The van der Waals surface area contributed by atoms with E-state index in [1.807, 2.05) is 0 Å². The van der Waals surface area contributed by atoms with Gasteiger partial charge in [0.25, 0.3) is 0 Å². The van der Waals surface area contributed by atoms with Crippen molar-refractivity contribution in [1.29, 1.82) is 0 Å². The third kappa shape index (κ3) is 5.43. The molecule has 5 nitrogen and oxygen atoms in total. The monoisotopic (exact) mass is 525 g/mol. The number of nitrogens with zero attached hydrogens (tertiary/aromatic N) is 1. The van der Waals surface area contributed by atoms with Crippen LogP contribution in [0.4, 0.5) is 5.69 Å². The van der Waals surface area contributed by atoms with Crippen LogP contribution in [-0.2, 0) is 31.7 Å². The van der Waals surface area contributed by atoms with Crippen LogP contribution in [0.15, 0.2) is 78.9 Å². The standard InChI is InChI=1S/C32H41B2NO4/c1-29(2)30(3,4)37-33(36-29)27-20-14-12-16-24(27)22-35(26-18-10-9-11-19-26)23-25-17-13-15-21-28(25)34-38-31(5,6)32(7,8)39-34/h9-21H,22-23H2,1-8H3. The van der Waals surface area contributed by atoms with Gasteiger partial charge in [-0.2, -0.15) is 0 Å². The van der Waals surface area contributed by atoms with Crippen molar-refractivity contribution >= 4 is 30.8 Å². The first-order valence-electron chi connectivity index (χ1n) is 14.0. The molecular formula is C32H41B2NO4. The smallest absolute Gasteiger partial charge is 0.399 e. The average molecular weight is 525 g/mol. The van der Waals surface area contributed by atoms with Crippen LogP contribution in [0.25, 0.3) is 0 Å². The highest BCUT2D eigenvalue weighted by atomic mass is 16.7. The molecular weight excluding hydrogens is 484 g/mol. The first kappa shape index (κ1) is 28.0. The van der Waals surface area contributed by atoms with Gasteiger partial charge in [0.15, 0.2) is 0 Å². The SMILES string of the molecule is CC1(C)OB(c2ccccc2CN(Cc2ccccc2B2OC(C)(C)C(C)(C)O2)c2ccccc2)OC1(C)C. The molecule has 3 aromatic carbocycles. The Labute approximate surface area is 235 Å². The van der Waals surface area contributed by atoms with Gasteiger partial charge in [-0.3, -0.25) is 0 Å². The van der Waals surface area contributed by atoms with E-state index < -0.39 is 36.6 Å². The molecule has 0 aliphatic carbocycles. The second kappa shape index (κ2) is 10.1. The number of benzene rings is 3. The molecule has 2 fully saturated rings. The Bertz CT molecular complexity index is 1190. The minimum absolute atomic E-state index is 0.397. The van der Waals surface area contributed by atoms with Gasteiger partial charge >= 0.3 is 14.2 Å². The molecule has 2 heterocycles. The Morgan fingerprint density at radius 3 is 1.21 bits per heavy atom. The number of para-hydroxylation sites is 1. The molecule has 0 radical (unpaired) electrons. The first-order valence-corrected chi connectivity index (χ1v) is 14.0. The normalized spacial score (nSPS) is 20.8. The number of hydrogen-bond acceptors (Lipinski definition) is 5. The van der Waals surface area contributed by atoms with Crippen molar-refractivity contribution in [1.82, 2.24) is 0 Å². The molecule has 0 amide bonds. The molecule has 0 saturated carbocycles. The van der Waals surface area contributed by atoms with Crippen molar-refractivity contribution in [2.45, 2.75) is 90.9 Å². The lowest BCUT2D eigenvalue weighted by molar-refractivity contribution is 0.00578. The summed E-state index contributed by atoms with van der Waals surface area (Å²) in [6.07, 6.45) is 0. The Balaban J connectivity index is 1.47. The maximum Gasteiger partial charge on any atom is 0.495 e. The van der Waals surface area contributed by atoms with E-state index in [1.165, 1.54) is 11.1 Å². The van der Waals surface area contributed by atoms with E-state index >= 15 is 0 Å². The van der Waals surface area contributed by atoms with Crippen molar-refractivity contribution in [2.75, 3.05) is 4.90 Å².